The van der Waals surface area contributed by atoms with Gasteiger partial charge in [0.25, 0.3) is 0 Å². The van der Waals surface area contributed by atoms with Gasteiger partial charge in [-0.1, -0.05) is 38.1 Å². The second-order valence-electron chi connectivity index (χ2n) is 8.00. The van der Waals surface area contributed by atoms with Gasteiger partial charge in [-0.25, -0.2) is 12.7 Å². The van der Waals surface area contributed by atoms with Gasteiger partial charge in [0.15, 0.2) is 5.96 Å². The fraction of sp³-hybridized carbons (Fsp3) is 0.435. The fourth-order valence-electron chi connectivity index (χ4n) is 2.77. The van der Waals surface area contributed by atoms with E-state index in [1.165, 1.54) is 18.4 Å². The van der Waals surface area contributed by atoms with Crippen LogP contribution in [0.4, 0.5) is 0 Å². The van der Waals surface area contributed by atoms with Crippen LogP contribution in [-0.4, -0.2) is 46.4 Å². The highest BCUT2D eigenvalue weighted by Gasteiger charge is 2.16. The maximum absolute atomic E-state index is 12.2. The SMILES string of the molecule is CN=C(NCc1ccc(S(=O)(=O)N(C)C)cc1)NC(C)c1ccc(OCC(C)C)cc1. The highest BCUT2D eigenvalue weighted by Crippen LogP contribution is 2.18. The quantitative estimate of drug-likeness (QED) is 0.456. The first-order chi connectivity index (χ1) is 14.6. The van der Waals surface area contributed by atoms with Crippen molar-refractivity contribution in [3.05, 3.63) is 59.7 Å². The van der Waals surface area contributed by atoms with E-state index < -0.39 is 10.0 Å². The van der Waals surface area contributed by atoms with E-state index in [9.17, 15) is 8.42 Å². The molecule has 2 N–H and O–H groups in total. The van der Waals surface area contributed by atoms with Gasteiger partial charge in [0.2, 0.25) is 10.0 Å². The largest absolute Gasteiger partial charge is 0.493 e. The number of ether oxygens (including phenoxy) is 1. The number of hydrogen-bond acceptors (Lipinski definition) is 4. The zero-order valence-electron chi connectivity index (χ0n) is 19.2. The molecule has 2 aromatic carbocycles. The van der Waals surface area contributed by atoms with Crippen LogP contribution >= 0.6 is 0 Å². The molecule has 0 aliphatic carbocycles. The van der Waals surface area contributed by atoms with Crippen LogP contribution in [0.25, 0.3) is 0 Å². The summed E-state index contributed by atoms with van der Waals surface area (Å²) < 4.78 is 31.3. The Balaban J connectivity index is 1.92. The zero-order valence-corrected chi connectivity index (χ0v) is 20.0. The highest BCUT2D eigenvalue weighted by molar-refractivity contribution is 7.89. The van der Waals surface area contributed by atoms with E-state index in [-0.39, 0.29) is 10.9 Å². The van der Waals surface area contributed by atoms with E-state index in [1.54, 1.807) is 31.3 Å². The van der Waals surface area contributed by atoms with Gasteiger partial charge in [0.1, 0.15) is 5.75 Å². The molecule has 7 nitrogen and oxygen atoms in total. The lowest BCUT2D eigenvalue weighted by Crippen LogP contribution is -2.38. The number of benzene rings is 2. The van der Waals surface area contributed by atoms with Crippen LogP contribution in [-0.2, 0) is 16.6 Å². The first kappa shape index (κ1) is 24.7. The average molecular weight is 447 g/mol. The summed E-state index contributed by atoms with van der Waals surface area (Å²) in [7, 11) is 1.34. The molecule has 0 spiro atoms. The van der Waals surface area contributed by atoms with Crippen molar-refractivity contribution in [1.29, 1.82) is 0 Å². The molecule has 0 aliphatic rings. The molecule has 8 heteroatoms. The monoisotopic (exact) mass is 446 g/mol. The number of rotatable bonds is 9. The number of nitrogens with zero attached hydrogens (tertiary/aromatic N) is 2. The van der Waals surface area contributed by atoms with Crippen molar-refractivity contribution in [2.75, 3.05) is 27.7 Å². The normalized spacial score (nSPS) is 13.4. The summed E-state index contributed by atoms with van der Waals surface area (Å²) >= 11 is 0. The third-order valence-electron chi connectivity index (χ3n) is 4.70. The van der Waals surface area contributed by atoms with Crippen molar-refractivity contribution in [2.45, 2.75) is 38.3 Å². The summed E-state index contributed by atoms with van der Waals surface area (Å²) in [6.45, 7) is 7.54. The topological polar surface area (TPSA) is 83.0 Å². The second kappa shape index (κ2) is 11.2. The predicted octanol–water partition coefficient (Wildman–Crippen LogP) is 3.40. The third kappa shape index (κ3) is 7.25. The van der Waals surface area contributed by atoms with E-state index in [0.717, 1.165) is 16.9 Å². The molecule has 0 aromatic heterocycles. The van der Waals surface area contributed by atoms with Crippen molar-refractivity contribution in [1.82, 2.24) is 14.9 Å². The van der Waals surface area contributed by atoms with Gasteiger partial charge in [-0.15, -0.1) is 0 Å². The minimum atomic E-state index is -3.42. The molecule has 0 fully saturated rings. The van der Waals surface area contributed by atoms with E-state index in [1.807, 2.05) is 24.3 Å². The number of nitrogens with one attached hydrogen (secondary N) is 2. The molecule has 0 amide bonds. The molecule has 0 heterocycles. The zero-order chi connectivity index (χ0) is 23.0. The molecule has 0 radical (unpaired) electrons. The van der Waals surface area contributed by atoms with Crippen molar-refractivity contribution in [2.24, 2.45) is 10.9 Å². The minimum Gasteiger partial charge on any atom is -0.493 e. The molecule has 0 saturated carbocycles. The van der Waals surface area contributed by atoms with Crippen LogP contribution < -0.4 is 15.4 Å². The summed E-state index contributed by atoms with van der Waals surface area (Å²) in [5, 5.41) is 6.63. The molecule has 0 saturated heterocycles. The van der Waals surface area contributed by atoms with Crippen LogP contribution in [0.1, 0.15) is 37.9 Å². The molecule has 0 bridgehead atoms. The molecular formula is C23H34N4O3S. The minimum absolute atomic E-state index is 0.0537. The van der Waals surface area contributed by atoms with Gasteiger partial charge in [0, 0.05) is 27.7 Å². The Bertz CT molecular complexity index is 953. The molecule has 31 heavy (non-hydrogen) atoms. The van der Waals surface area contributed by atoms with Crippen molar-refractivity contribution >= 4 is 16.0 Å². The van der Waals surface area contributed by atoms with E-state index in [0.29, 0.717) is 25.0 Å². The van der Waals surface area contributed by atoms with Gasteiger partial charge >= 0.3 is 0 Å². The van der Waals surface area contributed by atoms with Crippen LogP contribution in [0, 0.1) is 5.92 Å². The third-order valence-corrected chi connectivity index (χ3v) is 6.53. The van der Waals surface area contributed by atoms with Gasteiger partial charge in [-0.05, 0) is 48.2 Å². The molecule has 2 aromatic rings. The molecule has 2 rings (SSSR count). The Morgan fingerprint density at radius 3 is 2.16 bits per heavy atom. The lowest BCUT2D eigenvalue weighted by Gasteiger charge is -2.19. The van der Waals surface area contributed by atoms with Crippen molar-refractivity contribution in [3.8, 4) is 5.75 Å². The summed E-state index contributed by atoms with van der Waals surface area (Å²) in [5.74, 6) is 2.02. The molecular weight excluding hydrogens is 412 g/mol. The number of sulfonamides is 1. The van der Waals surface area contributed by atoms with Gasteiger partial charge in [-0.2, -0.15) is 0 Å². The van der Waals surface area contributed by atoms with Gasteiger partial charge in [0.05, 0.1) is 17.5 Å². The number of aliphatic imine (C=N–C) groups is 1. The van der Waals surface area contributed by atoms with Crippen LogP contribution in [0.5, 0.6) is 5.75 Å². The van der Waals surface area contributed by atoms with Gasteiger partial charge in [-0.3, -0.25) is 4.99 Å². The Hall–Kier alpha value is -2.58. The van der Waals surface area contributed by atoms with E-state index in [4.69, 9.17) is 4.74 Å². The second-order valence-corrected chi connectivity index (χ2v) is 10.1. The van der Waals surface area contributed by atoms with E-state index in [2.05, 4.69) is 36.4 Å². The fourth-order valence-corrected chi connectivity index (χ4v) is 3.68. The Labute approximate surface area is 186 Å². The van der Waals surface area contributed by atoms with Gasteiger partial charge < -0.3 is 15.4 Å². The number of hydrogen-bond donors (Lipinski definition) is 2. The first-order valence-electron chi connectivity index (χ1n) is 10.3. The van der Waals surface area contributed by atoms with Crippen LogP contribution in [0.3, 0.4) is 0 Å². The van der Waals surface area contributed by atoms with Crippen molar-refractivity contribution in [3.63, 3.8) is 0 Å². The lowest BCUT2D eigenvalue weighted by molar-refractivity contribution is 0.271. The molecule has 1 atom stereocenters. The molecule has 1 unspecified atom stereocenters. The Morgan fingerprint density at radius 2 is 1.65 bits per heavy atom. The standard InChI is InChI=1S/C23H34N4O3S/c1-17(2)16-30-21-11-9-20(10-12-21)18(3)26-23(24-4)25-15-19-7-13-22(14-8-19)31(28,29)27(5)6/h7-14,17-18H,15-16H2,1-6H3,(H2,24,25,26). The average Bonchev–Trinajstić information content (AvgIpc) is 2.75. The van der Waals surface area contributed by atoms with Crippen LogP contribution in [0.15, 0.2) is 58.4 Å². The Kier molecular flexibility index (Phi) is 8.88. The smallest absolute Gasteiger partial charge is 0.242 e. The maximum atomic E-state index is 12.2. The number of guanidine groups is 1. The lowest BCUT2D eigenvalue weighted by atomic mass is 10.1. The summed E-state index contributed by atoms with van der Waals surface area (Å²) in [5.41, 5.74) is 2.08. The maximum Gasteiger partial charge on any atom is 0.242 e. The Morgan fingerprint density at radius 1 is 1.03 bits per heavy atom. The van der Waals surface area contributed by atoms with Crippen molar-refractivity contribution < 1.29 is 13.2 Å². The van der Waals surface area contributed by atoms with E-state index >= 15 is 0 Å². The first-order valence-corrected chi connectivity index (χ1v) is 11.8. The summed E-state index contributed by atoms with van der Waals surface area (Å²) in [4.78, 5) is 4.56. The molecule has 170 valence electrons. The predicted molar refractivity (Wildman–Crippen MR) is 126 cm³/mol. The highest BCUT2D eigenvalue weighted by atomic mass is 32.2. The molecule has 0 aliphatic heterocycles. The summed E-state index contributed by atoms with van der Waals surface area (Å²) in [6.07, 6.45) is 0. The van der Waals surface area contributed by atoms with Crippen LogP contribution in [0.2, 0.25) is 0 Å². The summed E-state index contributed by atoms with van der Waals surface area (Å²) in [6, 6.07) is 15.0.